The second kappa shape index (κ2) is 6.23. The van der Waals surface area contributed by atoms with E-state index >= 15 is 0 Å². The molecule has 0 aliphatic heterocycles. The molecule has 0 atom stereocenters. The minimum Gasteiger partial charge on any atom is -0.489 e. The summed E-state index contributed by atoms with van der Waals surface area (Å²) in [7, 11) is 2.96. The lowest BCUT2D eigenvalue weighted by atomic mass is 10.3. The molecule has 2 aromatic heterocycles. The van der Waals surface area contributed by atoms with Gasteiger partial charge in [-0.25, -0.2) is 14.2 Å². The Kier molecular flexibility index (Phi) is 4.27. The molecule has 3 aromatic rings. The van der Waals surface area contributed by atoms with Gasteiger partial charge >= 0.3 is 5.69 Å². The summed E-state index contributed by atoms with van der Waals surface area (Å²) in [5.41, 5.74) is -0.358. The average molecular weight is 397 g/mol. The lowest BCUT2D eigenvalue weighted by molar-refractivity contribution is 0.284. The molecule has 3 rings (SSSR count). The molecule has 126 valence electrons. The molecule has 9 heteroatoms. The number of benzene rings is 1. The molecule has 0 saturated heterocycles. The monoisotopic (exact) mass is 396 g/mol. The van der Waals surface area contributed by atoms with E-state index in [-0.39, 0.29) is 24.4 Å². The van der Waals surface area contributed by atoms with E-state index in [1.165, 1.54) is 23.7 Å². The maximum Gasteiger partial charge on any atom is 0.332 e. The van der Waals surface area contributed by atoms with Crippen LogP contribution in [-0.2, 0) is 20.6 Å². The van der Waals surface area contributed by atoms with Crippen molar-refractivity contribution in [2.45, 2.75) is 6.54 Å². The highest BCUT2D eigenvalue weighted by atomic mass is 79.9. The molecule has 0 aliphatic carbocycles. The van der Waals surface area contributed by atoms with Gasteiger partial charge in [-0.1, -0.05) is 12.1 Å². The number of nitrogens with zero attached hydrogens (tertiary/aromatic N) is 4. The van der Waals surface area contributed by atoms with Gasteiger partial charge in [-0.05, 0) is 28.1 Å². The topological polar surface area (TPSA) is 71.0 Å². The van der Waals surface area contributed by atoms with Gasteiger partial charge in [0.2, 0.25) is 0 Å². The minimum atomic E-state index is -0.470. The number of imidazole rings is 1. The second-order valence-electron chi connectivity index (χ2n) is 5.19. The third-order valence-corrected chi connectivity index (χ3v) is 4.31. The predicted octanol–water partition coefficient (Wildman–Crippen LogP) is 1.41. The Morgan fingerprint density at radius 1 is 1.21 bits per heavy atom. The van der Waals surface area contributed by atoms with E-state index in [1.807, 2.05) is 0 Å². The second-order valence-corrected chi connectivity index (χ2v) is 5.90. The van der Waals surface area contributed by atoms with Crippen LogP contribution in [0.3, 0.4) is 0 Å². The van der Waals surface area contributed by atoms with Gasteiger partial charge < -0.3 is 9.30 Å². The Bertz CT molecular complexity index is 1040. The normalized spacial score (nSPS) is 11.2. The number of ether oxygens (including phenoxy) is 1. The van der Waals surface area contributed by atoms with Gasteiger partial charge in [0, 0.05) is 14.1 Å². The Hall–Kier alpha value is -2.42. The molecule has 0 spiro atoms. The Morgan fingerprint density at radius 2 is 1.92 bits per heavy atom. The van der Waals surface area contributed by atoms with Gasteiger partial charge in [-0.15, -0.1) is 0 Å². The first-order valence-corrected chi connectivity index (χ1v) is 7.90. The molecule has 0 bridgehead atoms. The summed E-state index contributed by atoms with van der Waals surface area (Å²) in [6.45, 7) is 0.431. The first kappa shape index (κ1) is 16.4. The molecule has 7 nitrogen and oxygen atoms in total. The largest absolute Gasteiger partial charge is 0.489 e. The number of hydrogen-bond acceptors (Lipinski definition) is 4. The van der Waals surface area contributed by atoms with Crippen molar-refractivity contribution in [1.82, 2.24) is 18.7 Å². The first-order valence-electron chi connectivity index (χ1n) is 7.11. The van der Waals surface area contributed by atoms with E-state index in [0.29, 0.717) is 10.4 Å². The van der Waals surface area contributed by atoms with Gasteiger partial charge in [0.05, 0.1) is 6.54 Å². The lowest BCUT2D eigenvalue weighted by Gasteiger charge is -2.11. The summed E-state index contributed by atoms with van der Waals surface area (Å²) in [6.07, 6.45) is 0. The fourth-order valence-electron chi connectivity index (χ4n) is 2.47. The molecule has 0 amide bonds. The molecule has 0 radical (unpaired) electrons. The molecule has 0 N–H and O–H groups in total. The van der Waals surface area contributed by atoms with Crippen LogP contribution in [-0.4, -0.2) is 25.3 Å². The highest BCUT2D eigenvalue weighted by molar-refractivity contribution is 9.10. The third-order valence-electron chi connectivity index (χ3n) is 3.70. The number of aromatic nitrogens is 4. The van der Waals surface area contributed by atoms with E-state index in [2.05, 4.69) is 20.9 Å². The van der Waals surface area contributed by atoms with Gasteiger partial charge in [0.15, 0.2) is 27.5 Å². The van der Waals surface area contributed by atoms with Crippen LogP contribution in [0.2, 0.25) is 0 Å². The van der Waals surface area contributed by atoms with E-state index in [1.54, 1.807) is 23.7 Å². The zero-order valence-electron chi connectivity index (χ0n) is 13.0. The molecule has 2 heterocycles. The van der Waals surface area contributed by atoms with E-state index in [0.717, 1.165) is 4.57 Å². The van der Waals surface area contributed by atoms with Crippen LogP contribution in [0.25, 0.3) is 11.2 Å². The van der Waals surface area contributed by atoms with Crippen molar-refractivity contribution in [3.8, 4) is 5.75 Å². The smallest absolute Gasteiger partial charge is 0.332 e. The van der Waals surface area contributed by atoms with Crippen LogP contribution in [0, 0.1) is 5.82 Å². The van der Waals surface area contributed by atoms with Crippen LogP contribution in [0.4, 0.5) is 4.39 Å². The van der Waals surface area contributed by atoms with Crippen molar-refractivity contribution >= 4 is 27.1 Å². The highest BCUT2D eigenvalue weighted by Crippen LogP contribution is 2.18. The van der Waals surface area contributed by atoms with Crippen LogP contribution in [0.5, 0.6) is 5.75 Å². The number of halogens is 2. The quantitative estimate of drug-likeness (QED) is 0.625. The van der Waals surface area contributed by atoms with Crippen molar-refractivity contribution in [2.24, 2.45) is 14.1 Å². The van der Waals surface area contributed by atoms with Crippen LogP contribution < -0.4 is 16.0 Å². The van der Waals surface area contributed by atoms with Gasteiger partial charge in [-0.3, -0.25) is 13.9 Å². The SMILES string of the molecule is Cn1c(=O)c2nc(Br)n(CCOc3ccccc3F)c2n(C)c1=O. The maximum absolute atomic E-state index is 13.6. The van der Waals surface area contributed by atoms with Crippen LogP contribution in [0.1, 0.15) is 0 Å². The van der Waals surface area contributed by atoms with Gasteiger partial charge in [0.1, 0.15) is 6.61 Å². The van der Waals surface area contributed by atoms with E-state index < -0.39 is 17.1 Å². The first-order chi connectivity index (χ1) is 11.4. The van der Waals surface area contributed by atoms with Crippen molar-refractivity contribution in [2.75, 3.05) is 6.61 Å². The fraction of sp³-hybridized carbons (Fsp3) is 0.267. The molecular formula is C15H14BrFN4O3. The van der Waals surface area contributed by atoms with Crippen molar-refractivity contribution in [1.29, 1.82) is 0 Å². The summed E-state index contributed by atoms with van der Waals surface area (Å²) < 4.78 is 23.4. The summed E-state index contributed by atoms with van der Waals surface area (Å²) >= 11 is 3.29. The fourth-order valence-corrected chi connectivity index (χ4v) is 2.99. The Balaban J connectivity index is 1.96. The van der Waals surface area contributed by atoms with Gasteiger partial charge in [0.25, 0.3) is 5.56 Å². The van der Waals surface area contributed by atoms with E-state index in [9.17, 15) is 14.0 Å². The number of fused-ring (bicyclic) bond motifs is 1. The number of para-hydroxylation sites is 1. The van der Waals surface area contributed by atoms with Crippen molar-refractivity contribution < 1.29 is 9.13 Å². The zero-order valence-corrected chi connectivity index (χ0v) is 14.6. The predicted molar refractivity (Wildman–Crippen MR) is 89.8 cm³/mol. The van der Waals surface area contributed by atoms with Crippen LogP contribution >= 0.6 is 15.9 Å². The summed E-state index contributed by atoms with van der Waals surface area (Å²) in [5, 5.41) is 0. The molecule has 0 unspecified atom stereocenters. The average Bonchev–Trinajstić information content (AvgIpc) is 2.90. The Morgan fingerprint density at radius 3 is 2.62 bits per heavy atom. The number of hydrogen-bond donors (Lipinski definition) is 0. The zero-order chi connectivity index (χ0) is 17.4. The molecular weight excluding hydrogens is 383 g/mol. The highest BCUT2D eigenvalue weighted by Gasteiger charge is 2.17. The third kappa shape index (κ3) is 2.64. The van der Waals surface area contributed by atoms with E-state index in [4.69, 9.17) is 4.74 Å². The summed E-state index contributed by atoms with van der Waals surface area (Å²) in [4.78, 5) is 28.4. The minimum absolute atomic E-state index is 0.142. The van der Waals surface area contributed by atoms with Crippen LogP contribution in [0.15, 0.2) is 38.6 Å². The van der Waals surface area contributed by atoms with Gasteiger partial charge in [-0.2, -0.15) is 0 Å². The molecule has 0 saturated carbocycles. The standard InChI is InChI=1S/C15H14BrFN4O3/c1-19-12-11(13(22)20(2)15(19)23)18-14(16)21(12)7-8-24-10-6-4-3-5-9(10)17/h3-6H,7-8H2,1-2H3. The number of aryl methyl sites for hydroxylation is 1. The molecule has 24 heavy (non-hydrogen) atoms. The van der Waals surface area contributed by atoms with Crippen molar-refractivity contribution in [3.63, 3.8) is 0 Å². The Labute approximate surface area is 144 Å². The summed E-state index contributed by atoms with van der Waals surface area (Å²) in [6, 6.07) is 6.09. The molecule has 0 fully saturated rings. The number of rotatable bonds is 4. The maximum atomic E-state index is 13.6. The summed E-state index contributed by atoms with van der Waals surface area (Å²) in [5.74, 6) is -0.309. The van der Waals surface area contributed by atoms with Crippen molar-refractivity contribution in [3.05, 3.63) is 55.7 Å². The lowest BCUT2D eigenvalue weighted by Crippen LogP contribution is -2.37. The molecule has 0 aliphatic rings. The molecule has 1 aromatic carbocycles.